The van der Waals surface area contributed by atoms with Gasteiger partial charge in [-0.15, -0.1) is 0 Å². The fourth-order valence-electron chi connectivity index (χ4n) is 3.42. The van der Waals surface area contributed by atoms with Crippen molar-refractivity contribution in [2.24, 2.45) is 0 Å². The van der Waals surface area contributed by atoms with E-state index >= 15 is 0 Å². The van der Waals surface area contributed by atoms with Crippen LogP contribution in [0.15, 0.2) is 30.3 Å². The second-order valence-corrected chi connectivity index (χ2v) is 6.82. The van der Waals surface area contributed by atoms with Crippen molar-refractivity contribution in [3.8, 4) is 0 Å². The Hall–Kier alpha value is -3.63. The summed E-state index contributed by atoms with van der Waals surface area (Å²) in [6, 6.07) is 4.24. The molecule has 0 saturated carbocycles. The monoisotopic (exact) mass is 416 g/mol. The van der Waals surface area contributed by atoms with Gasteiger partial charge in [0.1, 0.15) is 17.8 Å². The van der Waals surface area contributed by atoms with Crippen molar-refractivity contribution in [3.63, 3.8) is 0 Å². The lowest BCUT2D eigenvalue weighted by atomic mass is 10.0. The van der Waals surface area contributed by atoms with E-state index in [0.29, 0.717) is 5.82 Å². The molecule has 0 amide bonds. The van der Waals surface area contributed by atoms with Crippen LogP contribution >= 0.6 is 0 Å². The standard InChI is InChI=1S/C19H19F3N8/c1-2-3-12-8-16(29-28-12)24-18-25-17(23)26-19(27-18)30-9-11(21)7-15(30)13-5-4-10(20)6-14(13)22/h2-6,8,11,15H,7,9H2,1H3,(H4,23,24,25,26,27,28,29)/b3-2+. The predicted molar refractivity (Wildman–Crippen MR) is 107 cm³/mol. The highest BCUT2D eigenvalue weighted by Gasteiger charge is 2.36. The molecule has 0 radical (unpaired) electrons. The highest BCUT2D eigenvalue weighted by Crippen LogP contribution is 2.37. The molecule has 156 valence electrons. The van der Waals surface area contributed by atoms with E-state index in [1.165, 1.54) is 11.0 Å². The Morgan fingerprint density at radius 2 is 2.07 bits per heavy atom. The van der Waals surface area contributed by atoms with Crippen LogP contribution in [0.3, 0.4) is 0 Å². The van der Waals surface area contributed by atoms with Gasteiger partial charge in [-0.1, -0.05) is 12.1 Å². The van der Waals surface area contributed by atoms with Crippen LogP contribution < -0.4 is 16.0 Å². The Morgan fingerprint density at radius 3 is 2.83 bits per heavy atom. The SMILES string of the molecule is C/C=C/c1cc(Nc2nc(N)nc(N3CC(F)CC3c3ccc(F)cc3F)n2)n[nH]1. The molecule has 2 aromatic heterocycles. The maximum atomic E-state index is 14.3. The van der Waals surface area contributed by atoms with Gasteiger partial charge in [0.2, 0.25) is 17.8 Å². The van der Waals surface area contributed by atoms with Gasteiger partial charge in [0.25, 0.3) is 0 Å². The van der Waals surface area contributed by atoms with Crippen LogP contribution in [0, 0.1) is 11.6 Å². The fraction of sp³-hybridized carbons (Fsp3) is 0.263. The Kier molecular flexibility index (Phi) is 5.25. The third kappa shape index (κ3) is 4.04. The Morgan fingerprint density at radius 1 is 1.23 bits per heavy atom. The second-order valence-electron chi connectivity index (χ2n) is 6.82. The molecule has 3 aromatic rings. The summed E-state index contributed by atoms with van der Waals surface area (Å²) >= 11 is 0. The van der Waals surface area contributed by atoms with E-state index in [9.17, 15) is 13.2 Å². The Balaban J connectivity index is 1.64. The first-order chi connectivity index (χ1) is 14.4. The highest BCUT2D eigenvalue weighted by molar-refractivity contribution is 5.56. The molecule has 1 aliphatic rings. The molecule has 2 unspecified atom stereocenters. The van der Waals surface area contributed by atoms with Gasteiger partial charge in [-0.25, -0.2) is 13.2 Å². The van der Waals surface area contributed by atoms with Crippen molar-refractivity contribution in [2.45, 2.75) is 25.6 Å². The molecule has 0 spiro atoms. The smallest absolute Gasteiger partial charge is 0.235 e. The van der Waals surface area contributed by atoms with Crippen molar-refractivity contribution in [1.82, 2.24) is 25.1 Å². The average Bonchev–Trinajstić information content (AvgIpc) is 3.28. The number of halogens is 3. The molecule has 8 nitrogen and oxygen atoms in total. The van der Waals surface area contributed by atoms with Crippen molar-refractivity contribution >= 4 is 29.7 Å². The number of benzene rings is 1. The van der Waals surface area contributed by atoms with E-state index in [1.54, 1.807) is 6.07 Å². The van der Waals surface area contributed by atoms with Crippen LogP contribution in [-0.4, -0.2) is 37.9 Å². The molecule has 1 aromatic carbocycles. The highest BCUT2D eigenvalue weighted by atomic mass is 19.1. The first-order valence-corrected chi connectivity index (χ1v) is 9.25. The molecule has 0 bridgehead atoms. The maximum absolute atomic E-state index is 14.3. The number of H-pyrrole nitrogens is 1. The van der Waals surface area contributed by atoms with E-state index in [1.807, 2.05) is 19.1 Å². The third-order valence-corrected chi connectivity index (χ3v) is 4.65. The molecule has 3 heterocycles. The summed E-state index contributed by atoms with van der Waals surface area (Å²) < 4.78 is 41.9. The summed E-state index contributed by atoms with van der Waals surface area (Å²) in [5.41, 5.74) is 6.75. The lowest BCUT2D eigenvalue weighted by molar-refractivity contribution is 0.356. The van der Waals surface area contributed by atoms with E-state index in [2.05, 4.69) is 30.5 Å². The molecular weight excluding hydrogens is 397 g/mol. The molecular formula is C19H19F3N8. The number of nitrogens with two attached hydrogens (primary N) is 1. The quantitative estimate of drug-likeness (QED) is 0.584. The molecule has 4 N–H and O–H groups in total. The molecule has 1 saturated heterocycles. The molecule has 2 atom stereocenters. The zero-order chi connectivity index (χ0) is 21.3. The number of hydrogen-bond acceptors (Lipinski definition) is 7. The molecule has 4 rings (SSSR count). The molecule has 1 fully saturated rings. The lowest BCUT2D eigenvalue weighted by Crippen LogP contribution is -2.27. The zero-order valence-corrected chi connectivity index (χ0v) is 16.0. The number of anilines is 4. The van der Waals surface area contributed by atoms with Crippen LogP contribution in [0.25, 0.3) is 6.08 Å². The molecule has 11 heteroatoms. The largest absolute Gasteiger partial charge is 0.368 e. The molecule has 30 heavy (non-hydrogen) atoms. The van der Waals surface area contributed by atoms with Crippen LogP contribution in [0.5, 0.6) is 0 Å². The number of hydrogen-bond donors (Lipinski definition) is 3. The van der Waals surface area contributed by atoms with Gasteiger partial charge in [-0.05, 0) is 19.1 Å². The van der Waals surface area contributed by atoms with Crippen molar-refractivity contribution in [3.05, 3.63) is 53.2 Å². The van der Waals surface area contributed by atoms with E-state index in [0.717, 1.165) is 17.8 Å². The summed E-state index contributed by atoms with van der Waals surface area (Å²) in [7, 11) is 0. The summed E-state index contributed by atoms with van der Waals surface area (Å²) in [4.78, 5) is 13.9. The fourth-order valence-corrected chi connectivity index (χ4v) is 3.42. The van der Waals surface area contributed by atoms with Crippen molar-refractivity contribution < 1.29 is 13.2 Å². The van der Waals surface area contributed by atoms with Gasteiger partial charge in [-0.3, -0.25) is 5.10 Å². The first-order valence-electron chi connectivity index (χ1n) is 9.25. The lowest BCUT2D eigenvalue weighted by Gasteiger charge is -2.25. The van der Waals surface area contributed by atoms with E-state index < -0.39 is 23.8 Å². The van der Waals surface area contributed by atoms with Crippen LogP contribution in [0.1, 0.15) is 30.6 Å². The molecule has 0 aliphatic carbocycles. The summed E-state index contributed by atoms with van der Waals surface area (Å²) in [6.07, 6.45) is 2.47. The topological polar surface area (TPSA) is 109 Å². The van der Waals surface area contributed by atoms with Crippen molar-refractivity contribution in [2.75, 3.05) is 22.5 Å². The zero-order valence-electron chi connectivity index (χ0n) is 16.0. The predicted octanol–water partition coefficient (Wildman–Crippen LogP) is 3.52. The normalized spacial score (nSPS) is 19.0. The van der Waals surface area contributed by atoms with Gasteiger partial charge in [0.15, 0.2) is 5.82 Å². The summed E-state index contributed by atoms with van der Waals surface area (Å²) in [5, 5.41) is 9.83. The number of allylic oxidation sites excluding steroid dienone is 1. The minimum absolute atomic E-state index is 0.0168. The third-order valence-electron chi connectivity index (χ3n) is 4.65. The summed E-state index contributed by atoms with van der Waals surface area (Å²) in [6.45, 7) is 1.82. The average molecular weight is 416 g/mol. The maximum Gasteiger partial charge on any atom is 0.235 e. The van der Waals surface area contributed by atoms with Gasteiger partial charge < -0.3 is 16.0 Å². The number of nitrogens with zero attached hydrogens (tertiary/aromatic N) is 5. The Labute approximate surface area is 170 Å². The summed E-state index contributed by atoms with van der Waals surface area (Å²) in [5.74, 6) is -0.907. The van der Waals surface area contributed by atoms with Crippen LogP contribution in [0.2, 0.25) is 0 Å². The number of nitrogen functional groups attached to an aromatic ring is 1. The van der Waals surface area contributed by atoms with Gasteiger partial charge in [0.05, 0.1) is 18.3 Å². The van der Waals surface area contributed by atoms with E-state index in [-0.39, 0.29) is 36.4 Å². The van der Waals surface area contributed by atoms with Crippen molar-refractivity contribution in [1.29, 1.82) is 0 Å². The van der Waals surface area contributed by atoms with Gasteiger partial charge in [0, 0.05) is 24.1 Å². The van der Waals surface area contributed by atoms with Crippen LogP contribution in [-0.2, 0) is 0 Å². The number of alkyl halides is 1. The van der Waals surface area contributed by atoms with Gasteiger partial charge >= 0.3 is 0 Å². The number of aromatic nitrogens is 5. The van der Waals surface area contributed by atoms with Gasteiger partial charge in [-0.2, -0.15) is 20.1 Å². The number of rotatable bonds is 5. The number of aromatic amines is 1. The minimum atomic E-state index is -1.23. The van der Waals surface area contributed by atoms with Crippen LogP contribution in [0.4, 0.5) is 36.8 Å². The minimum Gasteiger partial charge on any atom is -0.368 e. The number of nitrogens with one attached hydrogen (secondary N) is 2. The first kappa shape index (κ1) is 19.7. The molecule has 1 aliphatic heterocycles. The Bertz CT molecular complexity index is 1080. The van der Waals surface area contributed by atoms with E-state index in [4.69, 9.17) is 5.73 Å². The second kappa shape index (κ2) is 8.01.